The summed E-state index contributed by atoms with van der Waals surface area (Å²) in [5, 5.41) is 12.7. The Bertz CT molecular complexity index is 593. The molecule has 2 rings (SSSR count). The summed E-state index contributed by atoms with van der Waals surface area (Å²) >= 11 is 3.41. The van der Waals surface area contributed by atoms with Crippen LogP contribution in [0.3, 0.4) is 0 Å². The van der Waals surface area contributed by atoms with Crippen LogP contribution in [-0.2, 0) is 6.54 Å². The zero-order valence-electron chi connectivity index (χ0n) is 11.0. The number of hydrogen-bond donors (Lipinski definition) is 3. The monoisotopic (exact) mass is 374 g/mol. The first kappa shape index (κ1) is 17.4. The van der Waals surface area contributed by atoms with Gasteiger partial charge in [-0.3, -0.25) is 4.79 Å². The van der Waals surface area contributed by atoms with E-state index in [-0.39, 0.29) is 23.9 Å². The molecule has 0 aliphatic rings. The summed E-state index contributed by atoms with van der Waals surface area (Å²) in [7, 11) is 0. The Morgan fingerprint density at radius 1 is 1.33 bits per heavy atom. The Balaban J connectivity index is 0.00000220. The lowest BCUT2D eigenvalue weighted by Gasteiger charge is -2.06. The van der Waals surface area contributed by atoms with Crippen molar-refractivity contribution in [1.29, 1.82) is 0 Å². The predicted molar refractivity (Wildman–Crippen MR) is 76.9 cm³/mol. The maximum absolute atomic E-state index is 11.6. The number of hydrogen-bond acceptors (Lipinski definition) is 6. The highest BCUT2D eigenvalue weighted by Gasteiger charge is 2.14. The molecule has 4 N–H and O–H groups in total. The lowest BCUT2D eigenvalue weighted by atomic mass is 10.2. The van der Waals surface area contributed by atoms with E-state index in [4.69, 9.17) is 5.73 Å². The van der Waals surface area contributed by atoms with Gasteiger partial charge in [0.25, 0.3) is 5.91 Å². The third-order valence-corrected chi connectivity index (χ3v) is 3.03. The molecule has 0 bridgehead atoms. The van der Waals surface area contributed by atoms with Gasteiger partial charge in [-0.15, -0.1) is 0 Å². The molecule has 0 aliphatic heterocycles. The van der Waals surface area contributed by atoms with Crippen molar-refractivity contribution in [3.8, 4) is 0 Å². The molecule has 2 aromatic rings. The molecule has 21 heavy (non-hydrogen) atoms. The molecule has 0 radical (unpaired) electrons. The smallest absolute Gasteiger partial charge is 0.277 e. The molecule has 9 heteroatoms. The number of rotatable bonds is 6. The van der Waals surface area contributed by atoms with E-state index in [0.717, 1.165) is 16.6 Å². The Kier molecular flexibility index (Phi) is 7.13. The first-order valence-electron chi connectivity index (χ1n) is 5.98. The Morgan fingerprint density at radius 3 is 2.81 bits per heavy atom. The van der Waals surface area contributed by atoms with Crippen molar-refractivity contribution in [2.45, 2.75) is 6.54 Å². The fourth-order valence-electron chi connectivity index (χ4n) is 1.58. The summed E-state index contributed by atoms with van der Waals surface area (Å²) < 4.78 is 5.40. The van der Waals surface area contributed by atoms with E-state index in [9.17, 15) is 4.79 Å². The van der Waals surface area contributed by atoms with Gasteiger partial charge in [0.1, 0.15) is 0 Å². The first-order valence-corrected chi connectivity index (χ1v) is 6.77. The van der Waals surface area contributed by atoms with Crippen LogP contribution in [0.4, 0.5) is 5.82 Å². The molecule has 1 amide bonds. The lowest BCUT2D eigenvalue weighted by Crippen LogP contribution is -3.00. The topological polar surface area (TPSA) is 106 Å². The van der Waals surface area contributed by atoms with Crippen molar-refractivity contribution in [2.75, 3.05) is 18.8 Å². The number of benzene rings is 1. The van der Waals surface area contributed by atoms with Gasteiger partial charge in [0.15, 0.2) is 0 Å². The van der Waals surface area contributed by atoms with Gasteiger partial charge in [0, 0.05) is 24.1 Å². The SMILES string of the molecule is Nc1nonc1C(=O)NCCNCc1cccc(Br)c1.[Cl-]. The molecule has 0 fully saturated rings. The van der Waals surface area contributed by atoms with Crippen molar-refractivity contribution in [3.05, 3.63) is 40.0 Å². The molecule has 0 spiro atoms. The maximum Gasteiger partial charge on any atom is 0.277 e. The van der Waals surface area contributed by atoms with Crippen LogP contribution in [-0.4, -0.2) is 29.3 Å². The largest absolute Gasteiger partial charge is 1.00 e. The van der Waals surface area contributed by atoms with Crippen LogP contribution < -0.4 is 28.8 Å². The molecule has 0 unspecified atom stereocenters. The van der Waals surface area contributed by atoms with E-state index in [1.807, 2.05) is 24.3 Å². The van der Waals surface area contributed by atoms with Gasteiger partial charge in [0.05, 0.1) is 0 Å². The van der Waals surface area contributed by atoms with Crippen molar-refractivity contribution in [2.24, 2.45) is 0 Å². The van der Waals surface area contributed by atoms with E-state index < -0.39 is 5.91 Å². The molecule has 0 saturated heterocycles. The average molecular weight is 376 g/mol. The number of nitrogens with two attached hydrogens (primary N) is 1. The van der Waals surface area contributed by atoms with E-state index in [2.05, 4.69) is 41.5 Å². The molecular formula is C12H14BrClN5O2-. The van der Waals surface area contributed by atoms with Crippen LogP contribution in [0.2, 0.25) is 0 Å². The highest BCUT2D eigenvalue weighted by Crippen LogP contribution is 2.11. The molecule has 0 saturated carbocycles. The lowest BCUT2D eigenvalue weighted by molar-refractivity contribution is -0.0000129. The number of aromatic nitrogens is 2. The number of nitrogens with one attached hydrogen (secondary N) is 2. The highest BCUT2D eigenvalue weighted by molar-refractivity contribution is 9.10. The summed E-state index contributed by atoms with van der Waals surface area (Å²) in [6.07, 6.45) is 0. The molecule has 1 aromatic heterocycles. The fraction of sp³-hybridized carbons (Fsp3) is 0.250. The van der Waals surface area contributed by atoms with Crippen molar-refractivity contribution >= 4 is 27.7 Å². The molecule has 0 aliphatic carbocycles. The second-order valence-corrected chi connectivity index (χ2v) is 4.98. The third-order valence-electron chi connectivity index (χ3n) is 2.53. The van der Waals surface area contributed by atoms with Gasteiger partial charge in [-0.05, 0) is 28.0 Å². The number of anilines is 1. The van der Waals surface area contributed by atoms with Gasteiger partial charge in [-0.1, -0.05) is 28.1 Å². The summed E-state index contributed by atoms with van der Waals surface area (Å²) in [6.45, 7) is 1.81. The normalized spacial score (nSPS) is 9.95. The second-order valence-electron chi connectivity index (χ2n) is 4.06. The van der Waals surface area contributed by atoms with Gasteiger partial charge >= 0.3 is 0 Å². The van der Waals surface area contributed by atoms with Crippen LogP contribution in [0.1, 0.15) is 16.1 Å². The number of amides is 1. The number of halogens is 2. The van der Waals surface area contributed by atoms with Crippen molar-refractivity contribution < 1.29 is 21.8 Å². The molecular weight excluding hydrogens is 362 g/mol. The molecule has 0 atom stereocenters. The number of nitrogen functional groups attached to an aromatic ring is 1. The van der Waals surface area contributed by atoms with Crippen LogP contribution in [0.25, 0.3) is 0 Å². The van der Waals surface area contributed by atoms with Crippen molar-refractivity contribution in [1.82, 2.24) is 20.9 Å². The minimum Gasteiger partial charge on any atom is -1.00 e. The zero-order valence-corrected chi connectivity index (χ0v) is 13.3. The van der Waals surface area contributed by atoms with Crippen LogP contribution >= 0.6 is 15.9 Å². The third kappa shape index (κ3) is 5.33. The summed E-state index contributed by atoms with van der Waals surface area (Å²) in [6, 6.07) is 8.01. The summed E-state index contributed by atoms with van der Waals surface area (Å²) in [5.41, 5.74) is 6.59. The quantitative estimate of drug-likeness (QED) is 0.501. The first-order chi connectivity index (χ1) is 9.66. The standard InChI is InChI=1S/C12H14BrN5O2.ClH/c13-9-3-1-2-8(6-9)7-15-4-5-16-12(19)10-11(14)18-20-17-10;/h1-3,6,15H,4-5,7H2,(H2,14,18)(H,16,19);1H/p-1. The Labute approximate surface area is 136 Å². The Hall–Kier alpha value is -1.64. The zero-order chi connectivity index (χ0) is 14.4. The fourth-order valence-corrected chi connectivity index (χ4v) is 2.03. The molecule has 114 valence electrons. The van der Waals surface area contributed by atoms with Gasteiger partial charge in [0.2, 0.25) is 11.5 Å². The average Bonchev–Trinajstić information content (AvgIpc) is 2.84. The van der Waals surface area contributed by atoms with Crippen molar-refractivity contribution in [3.63, 3.8) is 0 Å². The van der Waals surface area contributed by atoms with Crippen LogP contribution in [0.5, 0.6) is 0 Å². The van der Waals surface area contributed by atoms with E-state index >= 15 is 0 Å². The van der Waals surface area contributed by atoms with Gasteiger partial charge in [-0.25, -0.2) is 4.63 Å². The van der Waals surface area contributed by atoms with Crippen LogP contribution in [0, 0.1) is 0 Å². The van der Waals surface area contributed by atoms with Gasteiger partial charge < -0.3 is 28.8 Å². The molecule has 1 heterocycles. The second kappa shape index (κ2) is 8.60. The summed E-state index contributed by atoms with van der Waals surface area (Å²) in [5.74, 6) is -0.405. The van der Waals surface area contributed by atoms with E-state index in [0.29, 0.717) is 13.1 Å². The van der Waals surface area contributed by atoms with Gasteiger partial charge in [-0.2, -0.15) is 0 Å². The van der Waals surface area contributed by atoms with Crippen LogP contribution in [0.15, 0.2) is 33.4 Å². The minimum absolute atomic E-state index is 0. The minimum atomic E-state index is -0.395. The summed E-state index contributed by atoms with van der Waals surface area (Å²) in [4.78, 5) is 11.6. The number of carbonyl (C=O) groups is 1. The highest BCUT2D eigenvalue weighted by atomic mass is 79.9. The van der Waals surface area contributed by atoms with E-state index in [1.54, 1.807) is 0 Å². The maximum atomic E-state index is 11.6. The molecule has 1 aromatic carbocycles. The molecule has 7 nitrogen and oxygen atoms in total. The number of carbonyl (C=O) groups excluding carboxylic acids is 1. The predicted octanol–water partition coefficient (Wildman–Crippen LogP) is -2.06. The number of nitrogens with zero attached hydrogens (tertiary/aromatic N) is 2. The Morgan fingerprint density at radius 2 is 2.14 bits per heavy atom. The van der Waals surface area contributed by atoms with E-state index in [1.165, 1.54) is 0 Å².